The topological polar surface area (TPSA) is 160 Å². The Kier molecular flexibility index (Phi) is 19.9. The van der Waals surface area contributed by atoms with Crippen molar-refractivity contribution in [3.63, 3.8) is 0 Å². The molecule has 0 aliphatic carbocycles. The summed E-state index contributed by atoms with van der Waals surface area (Å²) >= 11 is 0. The number of hydrogen-bond donors (Lipinski definition) is 1. The van der Waals surface area contributed by atoms with Crippen LogP contribution in [0.25, 0.3) is 0 Å². The van der Waals surface area contributed by atoms with Crippen LogP contribution in [-0.4, -0.2) is 108 Å². The second-order valence-electron chi connectivity index (χ2n) is 16.3. The molecule has 13 heteroatoms. The third-order valence-corrected chi connectivity index (χ3v) is 11.0. The highest BCUT2D eigenvalue weighted by molar-refractivity contribution is 6.03. The van der Waals surface area contributed by atoms with Crippen molar-refractivity contribution in [3.8, 4) is 0 Å². The van der Waals surface area contributed by atoms with E-state index in [9.17, 15) is 33.6 Å². The fraction of sp³-hybridized carbons (Fsp3) is 0.698. The molecule has 13 nitrogen and oxygen atoms in total. The molecule has 4 amide bonds. The van der Waals surface area contributed by atoms with Gasteiger partial charge in [-0.3, -0.25) is 33.7 Å². The third kappa shape index (κ3) is 14.1. The van der Waals surface area contributed by atoms with Crippen molar-refractivity contribution in [3.05, 3.63) is 29.8 Å². The number of likely N-dealkylation sites (N-methyl/N-ethyl adjacent to an activating group) is 2. The molecule has 1 heterocycles. The normalized spacial score (nSPS) is 17.0. The van der Waals surface area contributed by atoms with Gasteiger partial charge in [0, 0.05) is 71.0 Å². The van der Waals surface area contributed by atoms with E-state index >= 15 is 0 Å². The molecule has 1 aromatic rings. The fourth-order valence-electron chi connectivity index (χ4n) is 7.48. The van der Waals surface area contributed by atoms with E-state index in [1.54, 1.807) is 50.2 Å². The second kappa shape index (κ2) is 23.2. The summed E-state index contributed by atoms with van der Waals surface area (Å²) in [6.07, 6.45) is 2.53. The number of carbonyl (C=O) groups is 7. The molecule has 1 N–H and O–H groups in total. The van der Waals surface area contributed by atoms with E-state index in [1.165, 1.54) is 23.8 Å². The number of imide groups is 1. The predicted octanol–water partition coefficient (Wildman–Crippen LogP) is 6.31. The van der Waals surface area contributed by atoms with Crippen molar-refractivity contribution in [2.24, 2.45) is 29.6 Å². The molecule has 1 unspecified atom stereocenters. The van der Waals surface area contributed by atoms with Gasteiger partial charge in [-0.25, -0.2) is 4.79 Å². The largest absolute Gasteiger partial charge is 0.445 e. The van der Waals surface area contributed by atoms with Gasteiger partial charge >= 0.3 is 6.09 Å². The molecular formula is C43H68N4O9. The van der Waals surface area contributed by atoms with Crippen molar-refractivity contribution < 1.29 is 43.0 Å². The van der Waals surface area contributed by atoms with E-state index in [-0.39, 0.29) is 97.2 Å². The second-order valence-corrected chi connectivity index (χ2v) is 16.3. The molecule has 1 fully saturated rings. The summed E-state index contributed by atoms with van der Waals surface area (Å²) in [4.78, 5) is 93.9. The molecule has 56 heavy (non-hydrogen) atoms. The average Bonchev–Trinajstić information content (AvgIpc) is 3.39. The lowest BCUT2D eigenvalue weighted by atomic mass is 9.83. The number of hydrogen-bond acceptors (Lipinski definition) is 10. The van der Waals surface area contributed by atoms with Crippen molar-refractivity contribution in [2.45, 2.75) is 132 Å². The third-order valence-electron chi connectivity index (χ3n) is 11.0. The van der Waals surface area contributed by atoms with Crippen LogP contribution in [0.3, 0.4) is 0 Å². The van der Waals surface area contributed by atoms with Crippen molar-refractivity contribution in [2.75, 3.05) is 39.6 Å². The minimum Gasteiger partial charge on any atom is -0.445 e. The first-order valence-corrected chi connectivity index (χ1v) is 20.2. The number of ketones is 3. The number of ether oxygens (including phenoxy) is 2. The number of nitrogens with one attached hydrogen (secondary N) is 1. The molecule has 1 saturated heterocycles. The molecule has 1 aliphatic heterocycles. The number of Topliss-reactive ketones (excluding diaryl/α,β-unsaturated/α-hetero) is 3. The van der Waals surface area contributed by atoms with E-state index in [4.69, 9.17) is 9.47 Å². The van der Waals surface area contributed by atoms with Crippen molar-refractivity contribution in [1.29, 1.82) is 0 Å². The Bertz CT molecular complexity index is 1490. The minimum absolute atomic E-state index is 0.0231. The van der Waals surface area contributed by atoms with Gasteiger partial charge in [0.1, 0.15) is 12.4 Å². The summed E-state index contributed by atoms with van der Waals surface area (Å²) in [6.45, 7) is 15.4. The first-order chi connectivity index (χ1) is 26.3. The standard InChI is InChI=1S/C43H68N4O9/c1-12-29(6)40(37(55-11)23-31(8)48)45(9)42(53)35(27(2)3)24-36(50)39(28(4)5)46(10)43(54)56-26-32-17-19-33(20-18-32)44-25-34(49)16-14-13-15-21-47-38(51)22-30(7)41(47)52/h17-20,27-30,35,37,39-40,44H,12-16,21-26H2,1-11H3/t29-,30?,35-,37+,39-,40-/m0/s1. The molecule has 0 saturated carbocycles. The zero-order chi connectivity index (χ0) is 42.3. The Labute approximate surface area is 334 Å². The molecule has 314 valence electrons. The smallest absolute Gasteiger partial charge is 0.410 e. The number of anilines is 1. The number of benzene rings is 1. The van der Waals surface area contributed by atoms with Crippen LogP contribution in [0.1, 0.15) is 112 Å². The van der Waals surface area contributed by atoms with Gasteiger partial charge in [-0.1, -0.05) is 73.4 Å². The zero-order valence-electron chi connectivity index (χ0n) is 35.7. The maximum absolute atomic E-state index is 14.1. The highest BCUT2D eigenvalue weighted by atomic mass is 16.6. The Balaban J connectivity index is 1.92. The minimum atomic E-state index is -0.817. The number of unbranched alkanes of at least 4 members (excludes halogenated alkanes) is 2. The maximum Gasteiger partial charge on any atom is 0.410 e. The molecule has 0 bridgehead atoms. The molecule has 6 atom stereocenters. The SMILES string of the molecule is CC[C@H](C)[C@@H]([C@@H](CC(C)=O)OC)N(C)C(=O)[C@@H](CC(=O)[C@H](C(C)C)N(C)C(=O)OCc1ccc(NCC(=O)CCCCCN2C(=O)CC(C)C2=O)cc1)C(C)C. The first kappa shape index (κ1) is 48.0. The number of carbonyl (C=O) groups excluding carboxylic acids is 7. The van der Waals surface area contributed by atoms with Crippen LogP contribution < -0.4 is 5.32 Å². The molecule has 1 aliphatic rings. The maximum atomic E-state index is 14.1. The van der Waals surface area contributed by atoms with Crippen LogP contribution in [-0.2, 0) is 44.8 Å². The van der Waals surface area contributed by atoms with E-state index < -0.39 is 24.2 Å². The monoisotopic (exact) mass is 784 g/mol. The average molecular weight is 785 g/mol. The van der Waals surface area contributed by atoms with Crippen LogP contribution in [0.4, 0.5) is 10.5 Å². The Morgan fingerprint density at radius 3 is 2.07 bits per heavy atom. The van der Waals surface area contributed by atoms with E-state index in [0.717, 1.165) is 24.1 Å². The number of rotatable bonds is 25. The van der Waals surface area contributed by atoms with Crippen LogP contribution in [0, 0.1) is 29.6 Å². The van der Waals surface area contributed by atoms with Gasteiger partial charge in [0.25, 0.3) is 0 Å². The lowest BCUT2D eigenvalue weighted by Gasteiger charge is -2.40. The summed E-state index contributed by atoms with van der Waals surface area (Å²) < 4.78 is 11.3. The van der Waals surface area contributed by atoms with Gasteiger partial charge in [-0.15, -0.1) is 0 Å². The van der Waals surface area contributed by atoms with Crippen LogP contribution in [0.15, 0.2) is 24.3 Å². The van der Waals surface area contributed by atoms with E-state index in [2.05, 4.69) is 5.32 Å². The van der Waals surface area contributed by atoms with Crippen molar-refractivity contribution >= 4 is 46.9 Å². The van der Waals surface area contributed by atoms with Crippen molar-refractivity contribution in [1.82, 2.24) is 14.7 Å². The summed E-state index contributed by atoms with van der Waals surface area (Å²) in [5.74, 6) is -1.88. The summed E-state index contributed by atoms with van der Waals surface area (Å²) in [5.41, 5.74) is 1.46. The Hall–Kier alpha value is -4.13. The van der Waals surface area contributed by atoms with E-state index in [0.29, 0.717) is 25.8 Å². The zero-order valence-corrected chi connectivity index (χ0v) is 35.7. The summed E-state index contributed by atoms with van der Waals surface area (Å²) in [5, 5.41) is 3.12. The number of likely N-dealkylation sites (tertiary alicyclic amines) is 1. The first-order valence-electron chi connectivity index (χ1n) is 20.2. The summed E-state index contributed by atoms with van der Waals surface area (Å²) in [7, 11) is 4.80. The quantitative estimate of drug-likeness (QED) is 0.0879. The van der Waals surface area contributed by atoms with Gasteiger partial charge in [-0.2, -0.15) is 0 Å². The Morgan fingerprint density at radius 2 is 1.55 bits per heavy atom. The van der Waals surface area contributed by atoms with Crippen LogP contribution in [0.5, 0.6) is 0 Å². The molecule has 0 radical (unpaired) electrons. The molecule has 0 spiro atoms. The summed E-state index contributed by atoms with van der Waals surface area (Å²) in [6, 6.07) is 6.00. The van der Waals surface area contributed by atoms with Crippen LogP contribution >= 0.6 is 0 Å². The number of methoxy groups -OCH3 is 1. The van der Waals surface area contributed by atoms with Gasteiger partial charge in [-0.05, 0) is 55.2 Å². The van der Waals surface area contributed by atoms with Gasteiger partial charge < -0.3 is 24.6 Å². The predicted molar refractivity (Wildman–Crippen MR) is 216 cm³/mol. The van der Waals surface area contributed by atoms with Gasteiger partial charge in [0.2, 0.25) is 17.7 Å². The molecular weight excluding hydrogens is 716 g/mol. The molecule has 0 aromatic heterocycles. The molecule has 1 aromatic carbocycles. The highest BCUT2D eigenvalue weighted by Gasteiger charge is 2.40. The van der Waals surface area contributed by atoms with E-state index in [1.807, 2.05) is 41.5 Å². The number of nitrogens with zero attached hydrogens (tertiary/aromatic N) is 3. The number of amides is 4. The highest BCUT2D eigenvalue weighted by Crippen LogP contribution is 2.28. The van der Waals surface area contributed by atoms with Crippen LogP contribution in [0.2, 0.25) is 0 Å². The van der Waals surface area contributed by atoms with Gasteiger partial charge in [0.15, 0.2) is 11.6 Å². The fourth-order valence-corrected chi connectivity index (χ4v) is 7.48. The Morgan fingerprint density at radius 1 is 0.911 bits per heavy atom. The lowest BCUT2D eigenvalue weighted by molar-refractivity contribution is -0.146. The molecule has 2 rings (SSSR count). The van der Waals surface area contributed by atoms with Gasteiger partial charge in [0.05, 0.1) is 24.7 Å². The lowest BCUT2D eigenvalue weighted by Crippen LogP contribution is -2.53.